The largest absolute Gasteiger partial charge is 0.299 e. The lowest BCUT2D eigenvalue weighted by Crippen LogP contribution is -2.13. The zero-order valence-corrected chi connectivity index (χ0v) is 7.46. The van der Waals surface area contributed by atoms with E-state index in [1.807, 2.05) is 6.08 Å². The van der Waals surface area contributed by atoms with Gasteiger partial charge in [-0.05, 0) is 25.2 Å². The van der Waals surface area contributed by atoms with Crippen LogP contribution in [0, 0.1) is 17.8 Å². The number of carbonyl (C=O) groups excluding carboxylic acids is 1. The average Bonchev–Trinajstić information content (AvgIpc) is 2.20. The number of Topliss-reactive ketones (excluding diaryl/α,β-unsaturated/α-hetero) is 1. The van der Waals surface area contributed by atoms with E-state index in [2.05, 4.69) is 6.58 Å². The molecule has 0 saturated heterocycles. The fourth-order valence-electron chi connectivity index (χ4n) is 2.75. The smallest absolute Gasteiger partial charge is 0.139 e. The van der Waals surface area contributed by atoms with Gasteiger partial charge in [0.2, 0.25) is 0 Å². The lowest BCUT2D eigenvalue weighted by Gasteiger charge is -2.13. The molecule has 0 N–H and O–H groups in total. The Morgan fingerprint density at radius 3 is 2.83 bits per heavy atom. The number of ketones is 1. The van der Waals surface area contributed by atoms with Gasteiger partial charge in [0.1, 0.15) is 5.78 Å². The maximum Gasteiger partial charge on any atom is 0.139 e. The third kappa shape index (κ3) is 1.12. The van der Waals surface area contributed by atoms with E-state index >= 15 is 0 Å². The zero-order valence-electron chi connectivity index (χ0n) is 7.46. The van der Waals surface area contributed by atoms with Crippen LogP contribution in [0.4, 0.5) is 0 Å². The van der Waals surface area contributed by atoms with Crippen LogP contribution < -0.4 is 0 Å². The van der Waals surface area contributed by atoms with Gasteiger partial charge in [0.15, 0.2) is 0 Å². The normalized spacial score (nSPS) is 41.0. The number of carbonyl (C=O) groups is 1. The minimum Gasteiger partial charge on any atom is -0.299 e. The Hall–Kier alpha value is -0.590. The molecule has 0 heterocycles. The fourth-order valence-corrected chi connectivity index (χ4v) is 2.75. The predicted molar refractivity (Wildman–Crippen MR) is 48.8 cm³/mol. The quantitative estimate of drug-likeness (QED) is 0.544. The lowest BCUT2D eigenvalue weighted by atomic mass is 9.90. The van der Waals surface area contributed by atoms with Crippen molar-refractivity contribution < 1.29 is 4.79 Å². The summed E-state index contributed by atoms with van der Waals surface area (Å²) in [5.74, 6) is 1.77. The average molecular weight is 164 g/mol. The van der Waals surface area contributed by atoms with Crippen LogP contribution in [0.2, 0.25) is 0 Å². The molecule has 12 heavy (non-hydrogen) atoms. The molecule has 0 aromatic rings. The highest BCUT2D eigenvalue weighted by Crippen LogP contribution is 2.42. The second-order valence-electron chi connectivity index (χ2n) is 4.13. The van der Waals surface area contributed by atoms with Gasteiger partial charge in [0.05, 0.1) is 0 Å². The first-order valence-electron chi connectivity index (χ1n) is 4.99. The van der Waals surface area contributed by atoms with Crippen LogP contribution in [0.15, 0.2) is 12.7 Å². The Bertz CT molecular complexity index is 207. The molecule has 0 aliphatic heterocycles. The molecule has 1 heteroatoms. The van der Waals surface area contributed by atoms with Crippen LogP contribution in [-0.4, -0.2) is 5.78 Å². The Labute approximate surface area is 73.8 Å². The summed E-state index contributed by atoms with van der Waals surface area (Å²) in [6, 6.07) is 0. The topological polar surface area (TPSA) is 17.1 Å². The Morgan fingerprint density at radius 2 is 2.08 bits per heavy atom. The molecule has 0 spiro atoms. The van der Waals surface area contributed by atoms with Crippen LogP contribution in [-0.2, 0) is 4.79 Å². The minimum absolute atomic E-state index is 0.343. The fraction of sp³-hybridized carbons (Fsp3) is 0.727. The van der Waals surface area contributed by atoms with Gasteiger partial charge in [-0.15, -0.1) is 6.58 Å². The summed E-state index contributed by atoms with van der Waals surface area (Å²) in [6.07, 6.45) is 7.85. The molecule has 2 rings (SSSR count). The van der Waals surface area contributed by atoms with E-state index in [-0.39, 0.29) is 0 Å². The van der Waals surface area contributed by atoms with Crippen LogP contribution in [0.5, 0.6) is 0 Å². The van der Waals surface area contributed by atoms with Crippen molar-refractivity contribution >= 4 is 5.78 Å². The van der Waals surface area contributed by atoms with Crippen molar-refractivity contribution in [3.63, 3.8) is 0 Å². The molecule has 66 valence electrons. The third-order valence-electron chi connectivity index (χ3n) is 3.46. The molecule has 0 radical (unpaired) electrons. The molecule has 2 saturated carbocycles. The maximum absolute atomic E-state index is 11.7. The highest BCUT2D eigenvalue weighted by atomic mass is 16.1. The lowest BCUT2D eigenvalue weighted by molar-refractivity contribution is -0.123. The summed E-state index contributed by atoms with van der Waals surface area (Å²) in [4.78, 5) is 11.7. The van der Waals surface area contributed by atoms with Crippen molar-refractivity contribution in [3.05, 3.63) is 12.7 Å². The molecule has 1 nitrogen and oxygen atoms in total. The van der Waals surface area contributed by atoms with Crippen molar-refractivity contribution in [2.75, 3.05) is 0 Å². The number of hydrogen-bond acceptors (Lipinski definition) is 1. The maximum atomic E-state index is 11.7. The highest BCUT2D eigenvalue weighted by molar-refractivity contribution is 5.86. The van der Waals surface area contributed by atoms with E-state index in [9.17, 15) is 4.79 Å². The van der Waals surface area contributed by atoms with E-state index in [1.54, 1.807) is 0 Å². The van der Waals surface area contributed by atoms with Gasteiger partial charge in [0.25, 0.3) is 0 Å². The van der Waals surface area contributed by atoms with Crippen molar-refractivity contribution in [2.24, 2.45) is 17.8 Å². The van der Waals surface area contributed by atoms with E-state index in [0.717, 1.165) is 19.3 Å². The monoisotopic (exact) mass is 164 g/mol. The molecular weight excluding hydrogens is 148 g/mol. The number of allylic oxidation sites excluding steroid dienone is 1. The summed E-state index contributed by atoms with van der Waals surface area (Å²) < 4.78 is 0. The van der Waals surface area contributed by atoms with Crippen LogP contribution >= 0.6 is 0 Å². The van der Waals surface area contributed by atoms with Crippen molar-refractivity contribution in [2.45, 2.75) is 32.1 Å². The van der Waals surface area contributed by atoms with E-state index < -0.39 is 0 Å². The molecule has 2 aliphatic rings. The SMILES string of the molecule is C=C[C@@H]1C[C@H]2CCCC[C@H]1C2=O. The second-order valence-corrected chi connectivity index (χ2v) is 4.13. The summed E-state index contributed by atoms with van der Waals surface area (Å²) in [6.45, 7) is 3.82. The first-order chi connectivity index (χ1) is 5.83. The van der Waals surface area contributed by atoms with Gasteiger partial charge in [-0.2, -0.15) is 0 Å². The molecule has 2 fully saturated rings. The standard InChI is InChI=1S/C11H16O/c1-2-8-7-9-5-3-4-6-10(8)11(9)12/h2,8-10H,1,3-7H2/t8-,9-,10-/m1/s1. The number of rotatable bonds is 1. The molecule has 0 aromatic carbocycles. The van der Waals surface area contributed by atoms with Gasteiger partial charge in [0, 0.05) is 11.8 Å². The van der Waals surface area contributed by atoms with Crippen molar-refractivity contribution in [1.29, 1.82) is 0 Å². The Kier molecular flexibility index (Phi) is 2.03. The first-order valence-corrected chi connectivity index (χ1v) is 4.99. The van der Waals surface area contributed by atoms with Crippen LogP contribution in [0.25, 0.3) is 0 Å². The van der Waals surface area contributed by atoms with Gasteiger partial charge in [-0.3, -0.25) is 4.79 Å². The predicted octanol–water partition coefficient (Wildman–Crippen LogP) is 2.57. The molecule has 0 amide bonds. The number of fused-ring (bicyclic) bond motifs is 2. The molecular formula is C11H16O. The minimum atomic E-state index is 0.343. The Morgan fingerprint density at radius 1 is 1.33 bits per heavy atom. The van der Waals surface area contributed by atoms with Crippen molar-refractivity contribution in [3.8, 4) is 0 Å². The first kappa shape index (κ1) is 8.03. The third-order valence-corrected chi connectivity index (χ3v) is 3.46. The summed E-state index contributed by atoms with van der Waals surface area (Å²) in [5.41, 5.74) is 0. The Balaban J connectivity index is 2.19. The van der Waals surface area contributed by atoms with E-state index in [1.165, 1.54) is 12.8 Å². The molecule has 3 atom stereocenters. The summed E-state index contributed by atoms with van der Waals surface area (Å²) >= 11 is 0. The van der Waals surface area contributed by atoms with Crippen LogP contribution in [0.3, 0.4) is 0 Å². The number of hydrogen-bond donors (Lipinski definition) is 0. The van der Waals surface area contributed by atoms with E-state index in [4.69, 9.17) is 0 Å². The van der Waals surface area contributed by atoms with Gasteiger partial charge >= 0.3 is 0 Å². The molecule has 0 aromatic heterocycles. The van der Waals surface area contributed by atoms with Crippen molar-refractivity contribution in [1.82, 2.24) is 0 Å². The zero-order chi connectivity index (χ0) is 8.55. The summed E-state index contributed by atoms with van der Waals surface area (Å²) in [7, 11) is 0. The van der Waals surface area contributed by atoms with Crippen LogP contribution in [0.1, 0.15) is 32.1 Å². The van der Waals surface area contributed by atoms with Gasteiger partial charge in [-0.1, -0.05) is 18.9 Å². The summed E-state index contributed by atoms with van der Waals surface area (Å²) in [5, 5.41) is 0. The molecule has 2 aliphatic carbocycles. The van der Waals surface area contributed by atoms with Gasteiger partial charge in [-0.25, -0.2) is 0 Å². The molecule has 2 bridgehead atoms. The van der Waals surface area contributed by atoms with Gasteiger partial charge < -0.3 is 0 Å². The molecule has 0 unspecified atom stereocenters. The van der Waals surface area contributed by atoms with E-state index in [0.29, 0.717) is 23.5 Å². The second kappa shape index (κ2) is 3.04. The highest BCUT2D eigenvalue weighted by Gasteiger charge is 2.41.